The van der Waals surface area contributed by atoms with Crippen molar-refractivity contribution < 1.29 is 14.7 Å². The molecule has 4 aromatic rings. The summed E-state index contributed by atoms with van der Waals surface area (Å²) in [5.74, 6) is 0.375. The Hall–Kier alpha value is -4.02. The number of nitrogens with two attached hydrogens (primary N) is 1. The van der Waals surface area contributed by atoms with Crippen molar-refractivity contribution in [3.05, 3.63) is 86.8 Å². The predicted molar refractivity (Wildman–Crippen MR) is 138 cm³/mol. The van der Waals surface area contributed by atoms with Gasteiger partial charge in [-0.3, -0.25) is 19.1 Å². The van der Waals surface area contributed by atoms with Gasteiger partial charge in [0.2, 0.25) is 5.91 Å². The number of amides is 2. The quantitative estimate of drug-likeness (QED) is 0.337. The van der Waals surface area contributed by atoms with Crippen LogP contribution in [0.5, 0.6) is 5.75 Å². The number of carbonyl (C=O) groups is 2. The van der Waals surface area contributed by atoms with Crippen molar-refractivity contribution >= 4 is 46.2 Å². The highest BCUT2D eigenvalue weighted by Crippen LogP contribution is 2.40. The van der Waals surface area contributed by atoms with Crippen LogP contribution in [0.15, 0.2) is 53.5 Å². The number of aryl methyl sites for hydroxylation is 1. The van der Waals surface area contributed by atoms with E-state index in [2.05, 4.69) is 15.5 Å². The van der Waals surface area contributed by atoms with E-state index in [9.17, 15) is 14.7 Å². The lowest BCUT2D eigenvalue weighted by molar-refractivity contribution is -0.116. The zero-order valence-electron chi connectivity index (χ0n) is 19.3. The number of nitrogens with one attached hydrogen (secondary N) is 1. The van der Waals surface area contributed by atoms with Gasteiger partial charge in [-0.2, -0.15) is 0 Å². The molecule has 0 bridgehead atoms. The molecular weight excluding hydrogens is 500 g/mol. The maximum absolute atomic E-state index is 13.0. The van der Waals surface area contributed by atoms with Crippen LogP contribution in [0.25, 0.3) is 5.00 Å². The van der Waals surface area contributed by atoms with Gasteiger partial charge in [0, 0.05) is 21.8 Å². The summed E-state index contributed by atoms with van der Waals surface area (Å²) in [6.07, 6.45) is -0.00718. The number of fused-ring (bicyclic) bond motifs is 3. The Balaban J connectivity index is 1.64. The first-order chi connectivity index (χ1) is 17.2. The van der Waals surface area contributed by atoms with Crippen molar-refractivity contribution in [1.82, 2.24) is 14.8 Å². The van der Waals surface area contributed by atoms with E-state index in [1.165, 1.54) is 23.5 Å². The molecule has 2 aromatic carbocycles. The van der Waals surface area contributed by atoms with E-state index in [1.807, 2.05) is 23.6 Å². The number of thiophene rings is 1. The molecule has 5 rings (SSSR count). The van der Waals surface area contributed by atoms with E-state index in [4.69, 9.17) is 22.3 Å². The van der Waals surface area contributed by atoms with Gasteiger partial charge in [0.25, 0.3) is 5.91 Å². The Morgan fingerprint density at radius 2 is 1.81 bits per heavy atom. The van der Waals surface area contributed by atoms with Crippen molar-refractivity contribution in [3.63, 3.8) is 0 Å². The van der Waals surface area contributed by atoms with Crippen LogP contribution in [-0.2, 0) is 4.79 Å². The molecule has 36 heavy (non-hydrogen) atoms. The maximum Gasteiger partial charge on any atom is 0.259 e. The number of benzene rings is 2. The minimum atomic E-state index is -0.662. The Morgan fingerprint density at radius 1 is 1.11 bits per heavy atom. The fourth-order valence-corrected chi connectivity index (χ4v) is 5.53. The molecule has 1 atom stereocenters. The second kappa shape index (κ2) is 9.21. The van der Waals surface area contributed by atoms with Crippen LogP contribution in [0.2, 0.25) is 5.02 Å². The summed E-state index contributed by atoms with van der Waals surface area (Å²) in [7, 11) is 0. The maximum atomic E-state index is 13.0. The van der Waals surface area contributed by atoms with Gasteiger partial charge in [0.1, 0.15) is 22.6 Å². The number of aromatic hydroxyl groups is 1. The highest BCUT2D eigenvalue weighted by molar-refractivity contribution is 7.17. The Labute approximate surface area is 215 Å². The summed E-state index contributed by atoms with van der Waals surface area (Å²) in [5.41, 5.74) is 9.05. The number of rotatable bonds is 5. The summed E-state index contributed by atoms with van der Waals surface area (Å²) in [4.78, 5) is 30.7. The second-order valence-electron chi connectivity index (χ2n) is 8.34. The van der Waals surface area contributed by atoms with Crippen LogP contribution in [0.4, 0.5) is 5.69 Å². The highest BCUT2D eigenvalue weighted by Gasteiger charge is 2.33. The minimum absolute atomic E-state index is 0.00718. The van der Waals surface area contributed by atoms with Crippen molar-refractivity contribution in [2.75, 3.05) is 5.32 Å². The first-order valence-electron chi connectivity index (χ1n) is 11.0. The first kappa shape index (κ1) is 23.7. The van der Waals surface area contributed by atoms with Gasteiger partial charge in [-0.05, 0) is 55.8 Å². The highest BCUT2D eigenvalue weighted by atomic mass is 35.5. The Morgan fingerprint density at radius 3 is 2.47 bits per heavy atom. The number of hydrogen-bond donors (Lipinski definition) is 3. The van der Waals surface area contributed by atoms with Gasteiger partial charge in [0.15, 0.2) is 5.82 Å². The summed E-state index contributed by atoms with van der Waals surface area (Å²) >= 11 is 7.38. The topological polar surface area (TPSA) is 135 Å². The largest absolute Gasteiger partial charge is 0.508 e. The number of halogens is 1. The van der Waals surface area contributed by atoms with Crippen LogP contribution >= 0.6 is 22.9 Å². The standard InChI is InChI=1S/C25H21ClN6O3S/c1-12-20-21(14-3-5-15(26)6-4-14)29-18(11-19(34)28-16-7-9-17(33)10-8-16)24-31-30-13(2)32(24)25(20)36-22(12)23(27)35/h3-10,18,33H,11H2,1-2H3,(H2,27,35)(H,28,34)/t18-/m0/s1. The third kappa shape index (κ3) is 4.25. The lowest BCUT2D eigenvalue weighted by Crippen LogP contribution is -2.17. The number of hydrogen-bond acceptors (Lipinski definition) is 7. The van der Waals surface area contributed by atoms with Crippen LogP contribution in [0.3, 0.4) is 0 Å². The van der Waals surface area contributed by atoms with E-state index in [0.29, 0.717) is 43.5 Å². The fraction of sp³-hybridized carbons (Fsp3) is 0.160. The monoisotopic (exact) mass is 520 g/mol. The molecule has 182 valence electrons. The number of nitrogens with zero attached hydrogens (tertiary/aromatic N) is 4. The SMILES string of the molecule is Cc1c(C(N)=O)sc2c1C(c1ccc(Cl)cc1)=N[C@@H](CC(=O)Nc1ccc(O)cc1)c1nnc(C)n1-2. The number of primary amides is 1. The van der Waals surface area contributed by atoms with Crippen molar-refractivity contribution in [2.45, 2.75) is 26.3 Å². The van der Waals surface area contributed by atoms with E-state index in [0.717, 1.165) is 11.1 Å². The number of phenols is 1. The zero-order chi connectivity index (χ0) is 25.6. The number of anilines is 1. The van der Waals surface area contributed by atoms with Crippen molar-refractivity contribution in [1.29, 1.82) is 0 Å². The van der Waals surface area contributed by atoms with Crippen LogP contribution < -0.4 is 11.1 Å². The molecule has 0 saturated carbocycles. The second-order valence-corrected chi connectivity index (χ2v) is 9.78. The molecule has 0 saturated heterocycles. The number of aliphatic imine (C=N–C) groups is 1. The van der Waals surface area contributed by atoms with Crippen molar-refractivity contribution in [3.8, 4) is 10.8 Å². The van der Waals surface area contributed by atoms with Crippen LogP contribution in [0, 0.1) is 13.8 Å². The van der Waals surface area contributed by atoms with Gasteiger partial charge in [-0.25, -0.2) is 0 Å². The van der Waals surface area contributed by atoms with Gasteiger partial charge < -0.3 is 16.2 Å². The number of carbonyl (C=O) groups excluding carboxylic acids is 2. The van der Waals surface area contributed by atoms with E-state index in [1.54, 1.807) is 31.2 Å². The molecule has 11 heteroatoms. The molecule has 1 aliphatic heterocycles. The Bertz CT molecular complexity index is 1520. The van der Waals surface area contributed by atoms with Crippen molar-refractivity contribution in [2.24, 2.45) is 10.7 Å². The number of aromatic nitrogens is 3. The average molecular weight is 521 g/mol. The molecule has 4 N–H and O–H groups in total. The summed E-state index contributed by atoms with van der Waals surface area (Å²) < 4.78 is 1.84. The predicted octanol–water partition coefficient (Wildman–Crippen LogP) is 4.32. The molecule has 0 fully saturated rings. The lowest BCUT2D eigenvalue weighted by atomic mass is 9.99. The molecule has 9 nitrogen and oxygen atoms in total. The third-order valence-electron chi connectivity index (χ3n) is 5.87. The third-order valence-corrected chi connectivity index (χ3v) is 7.42. The average Bonchev–Trinajstić information content (AvgIpc) is 3.34. The fourth-order valence-electron chi connectivity index (χ4n) is 4.19. The molecule has 0 spiro atoms. The van der Waals surface area contributed by atoms with E-state index < -0.39 is 11.9 Å². The lowest BCUT2D eigenvalue weighted by Gasteiger charge is -2.13. The van der Waals surface area contributed by atoms with Gasteiger partial charge in [0.05, 0.1) is 17.0 Å². The molecule has 0 aliphatic carbocycles. The molecule has 2 amide bonds. The first-order valence-corrected chi connectivity index (χ1v) is 12.2. The molecule has 0 unspecified atom stereocenters. The summed E-state index contributed by atoms with van der Waals surface area (Å²) in [6.45, 7) is 3.64. The van der Waals surface area contributed by atoms with Gasteiger partial charge >= 0.3 is 0 Å². The Kier molecular flexibility index (Phi) is 6.07. The summed E-state index contributed by atoms with van der Waals surface area (Å²) in [6, 6.07) is 12.8. The minimum Gasteiger partial charge on any atom is -0.508 e. The van der Waals surface area contributed by atoms with Gasteiger partial charge in [-0.1, -0.05) is 23.7 Å². The normalized spacial score (nSPS) is 14.4. The van der Waals surface area contributed by atoms with E-state index in [-0.39, 0.29) is 18.1 Å². The van der Waals surface area contributed by atoms with E-state index >= 15 is 0 Å². The molecular formula is C25H21ClN6O3S. The smallest absolute Gasteiger partial charge is 0.259 e. The van der Waals surface area contributed by atoms with Crippen LogP contribution in [-0.4, -0.2) is 37.4 Å². The molecule has 3 heterocycles. The van der Waals surface area contributed by atoms with Gasteiger partial charge in [-0.15, -0.1) is 21.5 Å². The molecule has 0 radical (unpaired) electrons. The summed E-state index contributed by atoms with van der Waals surface area (Å²) in [5, 5.41) is 22.2. The molecule has 1 aliphatic rings. The van der Waals surface area contributed by atoms with Crippen LogP contribution in [0.1, 0.15) is 50.5 Å². The molecule has 2 aromatic heterocycles. The zero-order valence-corrected chi connectivity index (χ0v) is 20.9. The number of phenolic OH excluding ortho intramolecular Hbond substituents is 1.